The molecule has 1 aromatic carbocycles. The number of amides is 1. The number of alkyl halides is 1. The number of nitrogens with zero attached hydrogens (tertiary/aromatic N) is 2. The Labute approximate surface area is 131 Å². The monoisotopic (exact) mass is 317 g/mol. The molecule has 1 amide bonds. The number of piperazine rings is 1. The molecule has 1 aromatic rings. The van der Waals surface area contributed by atoms with E-state index in [9.17, 15) is 4.79 Å². The number of hydrogen-bond donors (Lipinski definition) is 1. The molecule has 6 heteroatoms. The fraction of sp³-hybridized carbons (Fsp3) is 0.500. The summed E-state index contributed by atoms with van der Waals surface area (Å²) >= 11 is 5.46. The molecule has 0 aliphatic carbocycles. The van der Waals surface area contributed by atoms with E-state index in [1.54, 1.807) is 0 Å². The Morgan fingerprint density at radius 2 is 1.80 bits per heavy atom. The molecule has 0 atom stereocenters. The SMILES string of the molecule is CCN1CCN(c2ccc(NC(=O)CCl)cc2)CC1.Cl. The summed E-state index contributed by atoms with van der Waals surface area (Å²) in [4.78, 5) is 16.0. The molecule has 20 heavy (non-hydrogen) atoms. The van der Waals surface area contributed by atoms with E-state index in [1.807, 2.05) is 24.3 Å². The lowest BCUT2D eigenvalue weighted by atomic mass is 10.2. The topological polar surface area (TPSA) is 35.6 Å². The van der Waals surface area contributed by atoms with Crippen LogP contribution in [-0.4, -0.2) is 49.4 Å². The van der Waals surface area contributed by atoms with E-state index in [0.29, 0.717) is 0 Å². The molecule has 1 N–H and O–H groups in total. The van der Waals surface area contributed by atoms with Gasteiger partial charge in [0.05, 0.1) is 0 Å². The minimum absolute atomic E-state index is 0. The second-order valence-electron chi connectivity index (χ2n) is 4.65. The van der Waals surface area contributed by atoms with Crippen LogP contribution in [0, 0.1) is 0 Å². The van der Waals surface area contributed by atoms with Crippen LogP contribution in [0.1, 0.15) is 6.92 Å². The van der Waals surface area contributed by atoms with Gasteiger partial charge in [0, 0.05) is 37.6 Å². The lowest BCUT2D eigenvalue weighted by Crippen LogP contribution is -2.46. The van der Waals surface area contributed by atoms with Gasteiger partial charge in [-0.3, -0.25) is 4.79 Å². The Bertz CT molecular complexity index is 417. The molecule has 0 aromatic heterocycles. The molecular weight excluding hydrogens is 297 g/mol. The fourth-order valence-electron chi connectivity index (χ4n) is 2.27. The molecule has 0 spiro atoms. The van der Waals surface area contributed by atoms with Crippen molar-refractivity contribution in [1.82, 2.24) is 4.90 Å². The highest BCUT2D eigenvalue weighted by Crippen LogP contribution is 2.19. The summed E-state index contributed by atoms with van der Waals surface area (Å²) in [5, 5.41) is 2.74. The van der Waals surface area contributed by atoms with Gasteiger partial charge >= 0.3 is 0 Å². The van der Waals surface area contributed by atoms with Gasteiger partial charge in [0.15, 0.2) is 0 Å². The van der Waals surface area contributed by atoms with Crippen molar-refractivity contribution in [2.45, 2.75) is 6.92 Å². The largest absolute Gasteiger partial charge is 0.369 e. The van der Waals surface area contributed by atoms with E-state index < -0.39 is 0 Å². The van der Waals surface area contributed by atoms with Gasteiger partial charge in [0.25, 0.3) is 0 Å². The van der Waals surface area contributed by atoms with E-state index in [4.69, 9.17) is 11.6 Å². The summed E-state index contributed by atoms with van der Waals surface area (Å²) in [5.74, 6) is -0.188. The number of nitrogens with one attached hydrogen (secondary N) is 1. The van der Waals surface area contributed by atoms with Crippen molar-refractivity contribution in [2.24, 2.45) is 0 Å². The standard InChI is InChI=1S/C14H20ClN3O.ClH/c1-2-17-7-9-18(10-8-17)13-5-3-12(4-6-13)16-14(19)11-15;/h3-6H,2,7-11H2,1H3,(H,16,19);1H. The van der Waals surface area contributed by atoms with Gasteiger partial charge in [0.2, 0.25) is 5.91 Å². The molecule has 2 rings (SSSR count). The van der Waals surface area contributed by atoms with Crippen molar-refractivity contribution < 1.29 is 4.79 Å². The molecule has 1 heterocycles. The maximum atomic E-state index is 11.2. The predicted octanol–water partition coefficient (Wildman–Crippen LogP) is 2.43. The normalized spacial score (nSPS) is 15.6. The lowest BCUT2D eigenvalue weighted by Gasteiger charge is -2.35. The van der Waals surface area contributed by atoms with Crippen molar-refractivity contribution in [3.8, 4) is 0 Å². The van der Waals surface area contributed by atoms with E-state index in [2.05, 4.69) is 22.0 Å². The molecule has 1 aliphatic heterocycles. The highest BCUT2D eigenvalue weighted by Gasteiger charge is 2.15. The van der Waals surface area contributed by atoms with Gasteiger partial charge in [-0.25, -0.2) is 0 Å². The fourth-order valence-corrected chi connectivity index (χ4v) is 2.34. The molecule has 0 radical (unpaired) electrons. The maximum absolute atomic E-state index is 11.2. The summed E-state index contributed by atoms with van der Waals surface area (Å²) in [6.07, 6.45) is 0. The lowest BCUT2D eigenvalue weighted by molar-refractivity contribution is -0.113. The minimum atomic E-state index is -0.175. The van der Waals surface area contributed by atoms with Crippen LogP contribution in [0.15, 0.2) is 24.3 Å². The minimum Gasteiger partial charge on any atom is -0.369 e. The number of halogens is 2. The highest BCUT2D eigenvalue weighted by molar-refractivity contribution is 6.29. The van der Waals surface area contributed by atoms with Crippen molar-refractivity contribution in [3.63, 3.8) is 0 Å². The summed E-state index contributed by atoms with van der Waals surface area (Å²) in [6.45, 7) is 7.66. The second-order valence-corrected chi connectivity index (χ2v) is 4.92. The highest BCUT2D eigenvalue weighted by atomic mass is 35.5. The molecule has 0 unspecified atom stereocenters. The average Bonchev–Trinajstić information content (AvgIpc) is 2.48. The van der Waals surface area contributed by atoms with Crippen molar-refractivity contribution in [3.05, 3.63) is 24.3 Å². The predicted molar refractivity (Wildman–Crippen MR) is 87.4 cm³/mol. The van der Waals surface area contributed by atoms with Crippen LogP contribution in [0.2, 0.25) is 0 Å². The number of hydrogen-bond acceptors (Lipinski definition) is 3. The van der Waals surface area contributed by atoms with Crippen molar-refractivity contribution in [1.29, 1.82) is 0 Å². The van der Waals surface area contributed by atoms with Gasteiger partial charge in [0.1, 0.15) is 5.88 Å². The van der Waals surface area contributed by atoms with Crippen LogP contribution < -0.4 is 10.2 Å². The Morgan fingerprint density at radius 3 is 2.30 bits per heavy atom. The van der Waals surface area contributed by atoms with Crippen molar-refractivity contribution >= 4 is 41.3 Å². The van der Waals surface area contributed by atoms with E-state index >= 15 is 0 Å². The maximum Gasteiger partial charge on any atom is 0.239 e. The Morgan fingerprint density at radius 1 is 1.20 bits per heavy atom. The molecule has 0 bridgehead atoms. The van der Waals surface area contributed by atoms with Crippen molar-refractivity contribution in [2.75, 3.05) is 48.8 Å². The average molecular weight is 318 g/mol. The molecular formula is C14H21Cl2N3O. The number of anilines is 2. The molecule has 1 aliphatic rings. The first-order valence-electron chi connectivity index (χ1n) is 6.66. The van der Waals surface area contributed by atoms with Crippen LogP contribution >= 0.6 is 24.0 Å². The quantitative estimate of drug-likeness (QED) is 0.866. The zero-order valence-corrected chi connectivity index (χ0v) is 13.2. The summed E-state index contributed by atoms with van der Waals surface area (Å²) in [5.41, 5.74) is 2.00. The van der Waals surface area contributed by atoms with E-state index in [-0.39, 0.29) is 24.2 Å². The van der Waals surface area contributed by atoms with Crippen LogP contribution in [0.5, 0.6) is 0 Å². The number of likely N-dealkylation sites (N-methyl/N-ethyl adjacent to an activating group) is 1. The Balaban J connectivity index is 0.00000200. The van der Waals surface area contributed by atoms with E-state index in [0.717, 1.165) is 38.4 Å². The zero-order chi connectivity index (χ0) is 13.7. The summed E-state index contributed by atoms with van der Waals surface area (Å²) in [7, 11) is 0. The van der Waals surface area contributed by atoms with Crippen LogP contribution in [0.25, 0.3) is 0 Å². The first-order valence-corrected chi connectivity index (χ1v) is 7.19. The second kappa shape index (κ2) is 8.35. The van der Waals surface area contributed by atoms with Gasteiger partial charge in [-0.15, -0.1) is 24.0 Å². The molecule has 0 saturated carbocycles. The molecule has 1 saturated heterocycles. The summed E-state index contributed by atoms with van der Waals surface area (Å²) in [6, 6.07) is 7.94. The van der Waals surface area contributed by atoms with Gasteiger partial charge < -0.3 is 15.1 Å². The third-order valence-electron chi connectivity index (χ3n) is 3.46. The van der Waals surface area contributed by atoms with Crippen LogP contribution in [0.3, 0.4) is 0 Å². The van der Waals surface area contributed by atoms with Gasteiger partial charge in [-0.1, -0.05) is 6.92 Å². The number of rotatable bonds is 4. The third-order valence-corrected chi connectivity index (χ3v) is 3.70. The number of benzene rings is 1. The van der Waals surface area contributed by atoms with Gasteiger partial charge in [-0.2, -0.15) is 0 Å². The Kier molecular flexibility index (Phi) is 7.13. The van der Waals surface area contributed by atoms with Crippen LogP contribution in [0.4, 0.5) is 11.4 Å². The smallest absolute Gasteiger partial charge is 0.239 e. The first kappa shape index (κ1) is 17.1. The number of carbonyl (C=O) groups is 1. The number of carbonyl (C=O) groups excluding carboxylic acids is 1. The van der Waals surface area contributed by atoms with Crippen LogP contribution in [-0.2, 0) is 4.79 Å². The zero-order valence-electron chi connectivity index (χ0n) is 11.6. The van der Waals surface area contributed by atoms with Gasteiger partial charge in [-0.05, 0) is 30.8 Å². The third kappa shape index (κ3) is 4.54. The summed E-state index contributed by atoms with van der Waals surface area (Å²) < 4.78 is 0. The molecule has 1 fully saturated rings. The Hall–Kier alpha value is -0.970. The first-order chi connectivity index (χ1) is 9.22. The van der Waals surface area contributed by atoms with E-state index in [1.165, 1.54) is 5.69 Å². The molecule has 112 valence electrons. The molecule has 4 nitrogen and oxygen atoms in total.